The number of fused-ring (bicyclic) bond motifs is 1. The number of rotatable bonds is 4. The third-order valence-corrected chi connectivity index (χ3v) is 3.11. The number of para-hydroxylation sites is 1. The highest BCUT2D eigenvalue weighted by atomic mass is 16.5. The topological polar surface area (TPSA) is 88.5 Å². The van der Waals surface area contributed by atoms with Gasteiger partial charge in [0.05, 0.1) is 5.52 Å². The van der Waals surface area contributed by atoms with Gasteiger partial charge in [-0.2, -0.15) is 4.73 Å². The molecule has 18 heavy (non-hydrogen) atoms. The fourth-order valence-electron chi connectivity index (χ4n) is 2.17. The number of hydrogen-bond acceptors (Lipinski definition) is 3. The van der Waals surface area contributed by atoms with E-state index in [-0.39, 0.29) is 6.42 Å². The van der Waals surface area contributed by atoms with Crippen LogP contribution in [0.3, 0.4) is 0 Å². The summed E-state index contributed by atoms with van der Waals surface area (Å²) in [5, 5.41) is 19.6. The summed E-state index contributed by atoms with van der Waals surface area (Å²) >= 11 is 0. The number of aliphatic carboxylic acids is 1. The van der Waals surface area contributed by atoms with Gasteiger partial charge in [-0.1, -0.05) is 25.1 Å². The number of carbonyl (C=O) groups is 1. The van der Waals surface area contributed by atoms with Gasteiger partial charge < -0.3 is 16.0 Å². The first-order valence-electron chi connectivity index (χ1n) is 5.84. The largest absolute Gasteiger partial charge is 0.480 e. The molecule has 96 valence electrons. The number of benzene rings is 1. The number of aryl methyl sites for hydroxylation is 1. The predicted molar refractivity (Wildman–Crippen MR) is 67.8 cm³/mol. The highest BCUT2D eigenvalue weighted by Gasteiger charge is 2.17. The van der Waals surface area contributed by atoms with E-state index in [0.717, 1.165) is 33.2 Å². The molecular weight excluding hydrogens is 232 g/mol. The van der Waals surface area contributed by atoms with E-state index in [2.05, 4.69) is 0 Å². The maximum Gasteiger partial charge on any atom is 0.320 e. The Morgan fingerprint density at radius 2 is 2.17 bits per heavy atom. The molecule has 4 N–H and O–H groups in total. The normalized spacial score (nSPS) is 12.8. The van der Waals surface area contributed by atoms with Crippen molar-refractivity contribution < 1.29 is 15.1 Å². The van der Waals surface area contributed by atoms with Crippen molar-refractivity contribution in [2.75, 3.05) is 0 Å². The van der Waals surface area contributed by atoms with E-state index in [1.165, 1.54) is 6.20 Å². The highest BCUT2D eigenvalue weighted by molar-refractivity contribution is 5.87. The second-order valence-corrected chi connectivity index (χ2v) is 4.31. The van der Waals surface area contributed by atoms with E-state index in [1.807, 2.05) is 25.1 Å². The van der Waals surface area contributed by atoms with Crippen LogP contribution in [0.4, 0.5) is 0 Å². The summed E-state index contributed by atoms with van der Waals surface area (Å²) in [7, 11) is 0. The van der Waals surface area contributed by atoms with Gasteiger partial charge in [0.15, 0.2) is 0 Å². The van der Waals surface area contributed by atoms with Crippen LogP contribution in [0.5, 0.6) is 0 Å². The molecule has 0 radical (unpaired) electrons. The molecule has 0 saturated carbocycles. The molecule has 5 heteroatoms. The van der Waals surface area contributed by atoms with Gasteiger partial charge in [0.25, 0.3) is 0 Å². The SMILES string of the molecule is CCc1cccc2c(CC(N)C(=O)O)cn(O)c12. The zero-order valence-electron chi connectivity index (χ0n) is 10.1. The number of hydrogen-bond donors (Lipinski definition) is 3. The van der Waals surface area contributed by atoms with Crippen molar-refractivity contribution in [3.8, 4) is 0 Å². The Kier molecular flexibility index (Phi) is 3.25. The first-order chi connectivity index (χ1) is 8.54. The van der Waals surface area contributed by atoms with Crippen molar-refractivity contribution in [1.82, 2.24) is 4.73 Å². The van der Waals surface area contributed by atoms with E-state index in [4.69, 9.17) is 10.8 Å². The first-order valence-corrected chi connectivity index (χ1v) is 5.84. The molecule has 2 rings (SSSR count). The minimum atomic E-state index is -1.04. The molecule has 1 aromatic carbocycles. The Labute approximate surface area is 104 Å². The number of carboxylic acid groups (broad SMARTS) is 1. The van der Waals surface area contributed by atoms with Crippen LogP contribution >= 0.6 is 0 Å². The molecule has 0 aliphatic carbocycles. The van der Waals surface area contributed by atoms with Crippen molar-refractivity contribution in [3.05, 3.63) is 35.5 Å². The molecule has 0 saturated heterocycles. The Morgan fingerprint density at radius 3 is 2.78 bits per heavy atom. The number of nitrogens with zero attached hydrogens (tertiary/aromatic N) is 1. The molecule has 0 aliphatic rings. The minimum Gasteiger partial charge on any atom is -0.480 e. The van der Waals surface area contributed by atoms with E-state index in [9.17, 15) is 10.0 Å². The van der Waals surface area contributed by atoms with Gasteiger partial charge in [-0.3, -0.25) is 4.79 Å². The second kappa shape index (κ2) is 4.70. The molecule has 0 fully saturated rings. The van der Waals surface area contributed by atoms with Crippen molar-refractivity contribution in [3.63, 3.8) is 0 Å². The first kappa shape index (κ1) is 12.4. The van der Waals surface area contributed by atoms with Gasteiger partial charge >= 0.3 is 5.97 Å². The third kappa shape index (κ3) is 2.04. The molecule has 2 aromatic rings. The molecule has 1 atom stereocenters. The van der Waals surface area contributed by atoms with Crippen molar-refractivity contribution in [1.29, 1.82) is 0 Å². The lowest BCUT2D eigenvalue weighted by molar-refractivity contribution is -0.138. The van der Waals surface area contributed by atoms with E-state index in [1.54, 1.807) is 0 Å². The molecule has 0 spiro atoms. The molecule has 1 heterocycles. The molecule has 1 unspecified atom stereocenters. The minimum absolute atomic E-state index is 0.201. The van der Waals surface area contributed by atoms with Crippen LogP contribution in [-0.4, -0.2) is 27.1 Å². The summed E-state index contributed by atoms with van der Waals surface area (Å²) in [6.45, 7) is 2.00. The van der Waals surface area contributed by atoms with E-state index in [0.29, 0.717) is 0 Å². The summed E-state index contributed by atoms with van der Waals surface area (Å²) in [6.07, 6.45) is 2.53. The summed E-state index contributed by atoms with van der Waals surface area (Å²) < 4.78 is 1.05. The zero-order valence-corrected chi connectivity index (χ0v) is 10.1. The lowest BCUT2D eigenvalue weighted by Crippen LogP contribution is -2.32. The molecule has 5 nitrogen and oxygen atoms in total. The third-order valence-electron chi connectivity index (χ3n) is 3.11. The monoisotopic (exact) mass is 248 g/mol. The lowest BCUT2D eigenvalue weighted by atomic mass is 10.0. The number of nitrogens with two attached hydrogens (primary N) is 1. The molecule has 0 aliphatic heterocycles. The van der Waals surface area contributed by atoms with Gasteiger partial charge in [0.2, 0.25) is 0 Å². The average Bonchev–Trinajstić information content (AvgIpc) is 2.66. The van der Waals surface area contributed by atoms with Gasteiger partial charge in [-0.05, 0) is 17.5 Å². The molecule has 0 amide bonds. The quantitative estimate of drug-likeness (QED) is 0.713. The van der Waals surface area contributed by atoms with Gasteiger partial charge in [-0.15, -0.1) is 0 Å². The van der Waals surface area contributed by atoms with E-state index >= 15 is 0 Å². The molecule has 1 aromatic heterocycles. The van der Waals surface area contributed by atoms with E-state index < -0.39 is 12.0 Å². The van der Waals surface area contributed by atoms with Crippen LogP contribution in [0.2, 0.25) is 0 Å². The van der Waals surface area contributed by atoms with Crippen molar-refractivity contribution in [2.24, 2.45) is 5.73 Å². The summed E-state index contributed by atoms with van der Waals surface area (Å²) in [4.78, 5) is 10.8. The fourth-order valence-corrected chi connectivity index (χ4v) is 2.17. The summed E-state index contributed by atoms with van der Waals surface area (Å²) in [5.41, 5.74) is 8.02. The zero-order chi connectivity index (χ0) is 13.3. The highest BCUT2D eigenvalue weighted by Crippen LogP contribution is 2.25. The molecule has 0 bridgehead atoms. The lowest BCUT2D eigenvalue weighted by Gasteiger charge is -2.05. The summed E-state index contributed by atoms with van der Waals surface area (Å²) in [6, 6.07) is 4.75. The van der Waals surface area contributed by atoms with Crippen LogP contribution in [-0.2, 0) is 17.6 Å². The van der Waals surface area contributed by atoms with Crippen molar-refractivity contribution >= 4 is 16.9 Å². The predicted octanol–water partition coefficient (Wildman–Crippen LogP) is 1.40. The van der Waals surface area contributed by atoms with Gasteiger partial charge in [0.1, 0.15) is 6.04 Å². The maximum atomic E-state index is 10.8. The Hall–Kier alpha value is -2.01. The number of aromatic nitrogens is 1. The van der Waals surface area contributed by atoms with Crippen molar-refractivity contribution in [2.45, 2.75) is 25.8 Å². The van der Waals surface area contributed by atoms with Crippen LogP contribution in [0.15, 0.2) is 24.4 Å². The Bertz CT molecular complexity index is 589. The smallest absolute Gasteiger partial charge is 0.320 e. The number of carboxylic acids is 1. The Morgan fingerprint density at radius 1 is 1.44 bits per heavy atom. The van der Waals surface area contributed by atoms with Crippen LogP contribution in [0.25, 0.3) is 10.9 Å². The van der Waals surface area contributed by atoms with Gasteiger partial charge in [0, 0.05) is 18.0 Å². The van der Waals surface area contributed by atoms with Crippen LogP contribution < -0.4 is 5.73 Å². The fraction of sp³-hybridized carbons (Fsp3) is 0.308. The second-order valence-electron chi connectivity index (χ2n) is 4.31. The van der Waals surface area contributed by atoms with Crippen LogP contribution in [0.1, 0.15) is 18.1 Å². The average molecular weight is 248 g/mol. The van der Waals surface area contributed by atoms with Gasteiger partial charge in [-0.25, -0.2) is 0 Å². The Balaban J connectivity index is 2.50. The standard InChI is InChI=1S/C13H16N2O3/c1-2-8-4-3-5-10-9(6-11(14)13(16)17)7-15(18)12(8)10/h3-5,7,11,18H,2,6,14H2,1H3,(H,16,17). The van der Waals surface area contributed by atoms with Crippen LogP contribution in [0, 0.1) is 0 Å². The summed E-state index contributed by atoms with van der Waals surface area (Å²) in [5.74, 6) is -1.04. The maximum absolute atomic E-state index is 10.8. The molecular formula is C13H16N2O3.